The van der Waals surface area contributed by atoms with E-state index in [1.165, 1.54) is 109 Å². The lowest BCUT2D eigenvalue weighted by molar-refractivity contribution is -0.297. The number of aliphatic hydroxyl groups excluding tert-OH is 3. The monoisotopic (exact) mass is 847 g/mol. The summed E-state index contributed by atoms with van der Waals surface area (Å²) in [6.07, 6.45) is 29.4. The normalized spacial score (nSPS) is 20.6. The fourth-order valence-corrected chi connectivity index (χ4v) is 7.59. The van der Waals surface area contributed by atoms with Crippen LogP contribution >= 0.6 is 0 Å². The zero-order valence-corrected chi connectivity index (χ0v) is 37.0. The molecule has 0 aromatic heterocycles. The average Bonchev–Trinajstić information content (AvgIpc) is 3.18. The van der Waals surface area contributed by atoms with Crippen molar-refractivity contribution in [2.75, 3.05) is 19.0 Å². The standard InChI is InChI=1S/C45H82O12S/c1-3-5-7-9-11-13-15-17-19-21-23-25-27-29-31-33-40(46)54-35-38(36-55-45-44(50)43(49)42(48)39(57-45)37-58(51,52)53)56-41(47)34-32-30-28-26-24-22-20-18-16-14-12-10-8-6-4-2/h21,23-24,26,38-39,42-45,48-50H,3-20,22,25,27-37H2,1-2H3,(H,51,52,53)/b23-21+,26-24+/t38-,39-,42-,43?,44?,45+/m1/s1. The van der Waals surface area contributed by atoms with E-state index in [1.807, 2.05) is 0 Å². The number of aliphatic hydroxyl groups is 3. The van der Waals surface area contributed by atoms with Crippen LogP contribution in [0.25, 0.3) is 0 Å². The number of unbranched alkanes of at least 4 members (excludes halogenated alkanes) is 22. The number of allylic oxidation sites excluding steroid dienone is 4. The van der Waals surface area contributed by atoms with Gasteiger partial charge < -0.3 is 34.3 Å². The zero-order valence-electron chi connectivity index (χ0n) is 36.2. The number of carbonyl (C=O) groups excluding carboxylic acids is 2. The molecule has 1 rings (SSSR count). The quantitative estimate of drug-likeness (QED) is 0.0200. The lowest BCUT2D eigenvalue weighted by Crippen LogP contribution is -2.60. The Morgan fingerprint density at radius 2 is 0.983 bits per heavy atom. The molecule has 0 bridgehead atoms. The van der Waals surface area contributed by atoms with E-state index >= 15 is 0 Å². The van der Waals surface area contributed by atoms with Crippen LogP contribution < -0.4 is 0 Å². The fraction of sp³-hybridized carbons (Fsp3) is 0.867. The molecule has 0 aromatic carbocycles. The van der Waals surface area contributed by atoms with Crippen LogP contribution in [0, 0.1) is 0 Å². The zero-order chi connectivity index (χ0) is 42.7. The largest absolute Gasteiger partial charge is 0.462 e. The Kier molecular flexibility index (Phi) is 33.5. The molecule has 1 aliphatic rings. The van der Waals surface area contributed by atoms with E-state index in [0.29, 0.717) is 12.8 Å². The molecule has 1 heterocycles. The Labute approximate surface area is 351 Å². The fourth-order valence-electron chi connectivity index (χ4n) is 6.90. The van der Waals surface area contributed by atoms with Gasteiger partial charge in [-0.05, 0) is 64.2 Å². The molecular formula is C45H82O12S. The van der Waals surface area contributed by atoms with E-state index in [4.69, 9.17) is 18.9 Å². The second kappa shape index (κ2) is 35.8. The Morgan fingerprint density at radius 3 is 1.47 bits per heavy atom. The molecular weight excluding hydrogens is 765 g/mol. The summed E-state index contributed by atoms with van der Waals surface area (Å²) in [4.78, 5) is 25.4. The highest BCUT2D eigenvalue weighted by atomic mass is 32.2. The maximum atomic E-state index is 12.8. The van der Waals surface area contributed by atoms with E-state index in [1.54, 1.807) is 0 Å². The van der Waals surface area contributed by atoms with Crippen LogP contribution in [0.4, 0.5) is 0 Å². The first-order chi connectivity index (χ1) is 28.0. The summed E-state index contributed by atoms with van der Waals surface area (Å²) in [5.74, 6) is -2.03. The van der Waals surface area contributed by atoms with E-state index in [-0.39, 0.29) is 19.4 Å². The van der Waals surface area contributed by atoms with Crippen molar-refractivity contribution in [1.29, 1.82) is 0 Å². The number of esters is 2. The maximum absolute atomic E-state index is 12.8. The molecule has 0 aliphatic carbocycles. The molecule has 0 spiro atoms. The molecule has 4 N–H and O–H groups in total. The van der Waals surface area contributed by atoms with Gasteiger partial charge in [-0.2, -0.15) is 8.42 Å². The van der Waals surface area contributed by atoms with Crippen LogP contribution in [0.5, 0.6) is 0 Å². The van der Waals surface area contributed by atoms with Crippen LogP contribution in [0.3, 0.4) is 0 Å². The molecule has 340 valence electrons. The van der Waals surface area contributed by atoms with Gasteiger partial charge in [0.15, 0.2) is 12.4 Å². The lowest BCUT2D eigenvalue weighted by atomic mass is 10.00. The van der Waals surface area contributed by atoms with Crippen LogP contribution in [-0.2, 0) is 38.7 Å². The minimum absolute atomic E-state index is 0.133. The molecule has 12 nitrogen and oxygen atoms in total. The predicted molar refractivity (Wildman–Crippen MR) is 229 cm³/mol. The van der Waals surface area contributed by atoms with Crippen LogP contribution in [0.2, 0.25) is 0 Å². The van der Waals surface area contributed by atoms with Gasteiger partial charge in [0, 0.05) is 12.8 Å². The Morgan fingerprint density at radius 1 is 0.569 bits per heavy atom. The highest BCUT2D eigenvalue weighted by molar-refractivity contribution is 7.85. The molecule has 1 saturated heterocycles. The van der Waals surface area contributed by atoms with Gasteiger partial charge in [-0.15, -0.1) is 0 Å². The third-order valence-corrected chi connectivity index (χ3v) is 11.3. The maximum Gasteiger partial charge on any atom is 0.306 e. The van der Waals surface area contributed by atoms with Crippen molar-refractivity contribution in [2.24, 2.45) is 0 Å². The average molecular weight is 847 g/mol. The smallest absolute Gasteiger partial charge is 0.306 e. The summed E-state index contributed by atoms with van der Waals surface area (Å²) < 4.78 is 54.0. The molecule has 0 aromatic rings. The number of hydrogen-bond acceptors (Lipinski definition) is 11. The van der Waals surface area contributed by atoms with Crippen LogP contribution in [-0.4, -0.2) is 96.0 Å². The van der Waals surface area contributed by atoms with Gasteiger partial charge >= 0.3 is 11.9 Å². The first kappa shape index (κ1) is 54.1. The second-order valence-corrected chi connectivity index (χ2v) is 17.6. The Bertz CT molecular complexity index is 1180. The molecule has 0 radical (unpaired) electrons. The van der Waals surface area contributed by atoms with Crippen molar-refractivity contribution in [1.82, 2.24) is 0 Å². The first-order valence-corrected chi connectivity index (χ1v) is 24.5. The number of ether oxygens (including phenoxy) is 4. The third kappa shape index (κ3) is 30.2. The summed E-state index contributed by atoms with van der Waals surface area (Å²) in [7, 11) is -4.60. The van der Waals surface area contributed by atoms with Crippen molar-refractivity contribution in [3.63, 3.8) is 0 Å². The Hall–Kier alpha value is -1.87. The summed E-state index contributed by atoms with van der Waals surface area (Å²) >= 11 is 0. The summed E-state index contributed by atoms with van der Waals surface area (Å²) in [6.45, 7) is 3.73. The van der Waals surface area contributed by atoms with Crippen LogP contribution in [0.15, 0.2) is 24.3 Å². The lowest BCUT2D eigenvalue weighted by Gasteiger charge is -2.40. The van der Waals surface area contributed by atoms with Gasteiger partial charge in [0.1, 0.15) is 36.8 Å². The molecule has 13 heteroatoms. The van der Waals surface area contributed by atoms with Gasteiger partial charge in [-0.25, -0.2) is 0 Å². The molecule has 0 saturated carbocycles. The van der Waals surface area contributed by atoms with Gasteiger partial charge in [0.05, 0.1) is 6.61 Å². The van der Waals surface area contributed by atoms with E-state index in [2.05, 4.69) is 38.2 Å². The number of carbonyl (C=O) groups is 2. The first-order valence-electron chi connectivity index (χ1n) is 22.9. The van der Waals surface area contributed by atoms with Crippen molar-refractivity contribution in [3.05, 3.63) is 24.3 Å². The summed E-state index contributed by atoms with van der Waals surface area (Å²) in [5, 5.41) is 30.9. The number of hydrogen-bond donors (Lipinski definition) is 4. The topological polar surface area (TPSA) is 186 Å². The second-order valence-electron chi connectivity index (χ2n) is 16.1. The highest BCUT2D eigenvalue weighted by Gasteiger charge is 2.46. The van der Waals surface area contributed by atoms with Gasteiger partial charge in [-0.3, -0.25) is 14.1 Å². The minimum atomic E-state index is -4.60. The van der Waals surface area contributed by atoms with Crippen molar-refractivity contribution in [2.45, 2.75) is 230 Å². The van der Waals surface area contributed by atoms with Crippen LogP contribution in [0.1, 0.15) is 194 Å². The number of rotatable bonds is 38. The molecule has 0 amide bonds. The van der Waals surface area contributed by atoms with E-state index in [9.17, 15) is 37.9 Å². The predicted octanol–water partition coefficient (Wildman–Crippen LogP) is 9.23. The van der Waals surface area contributed by atoms with Crippen molar-refractivity contribution < 1.29 is 56.8 Å². The molecule has 58 heavy (non-hydrogen) atoms. The molecule has 6 atom stereocenters. The highest BCUT2D eigenvalue weighted by Crippen LogP contribution is 2.24. The Balaban J connectivity index is 2.47. The molecule has 1 fully saturated rings. The summed E-state index contributed by atoms with van der Waals surface area (Å²) in [5.41, 5.74) is 0. The third-order valence-electron chi connectivity index (χ3n) is 10.5. The van der Waals surface area contributed by atoms with Gasteiger partial charge in [-0.1, -0.05) is 141 Å². The minimum Gasteiger partial charge on any atom is -0.462 e. The van der Waals surface area contributed by atoms with E-state index < -0.39 is 71.2 Å². The molecule has 1 aliphatic heterocycles. The van der Waals surface area contributed by atoms with Gasteiger partial charge in [0.2, 0.25) is 0 Å². The molecule has 2 unspecified atom stereocenters. The summed E-state index contributed by atoms with van der Waals surface area (Å²) in [6, 6.07) is 0. The van der Waals surface area contributed by atoms with Crippen molar-refractivity contribution in [3.8, 4) is 0 Å². The SMILES string of the molecule is CCCCCCCCCC/C=C/CCCCCC(=O)OC[C@H](CO[C@H]1O[C@H](CS(=O)(=O)O)[C@@H](O)C(O)C1O)OC(=O)CCCC/C=C/CCCCCCCCCCC. The van der Waals surface area contributed by atoms with E-state index in [0.717, 1.165) is 44.9 Å². The van der Waals surface area contributed by atoms with Crippen molar-refractivity contribution >= 4 is 22.1 Å². The van der Waals surface area contributed by atoms with Gasteiger partial charge in [0.25, 0.3) is 10.1 Å².